The molecule has 0 spiro atoms. The highest BCUT2D eigenvalue weighted by atomic mass is 19.1. The number of hydrogen-bond donors (Lipinski definition) is 2. The number of hydrazone groups is 1. The summed E-state index contributed by atoms with van der Waals surface area (Å²) < 4.78 is 19.7. The predicted molar refractivity (Wildman–Crippen MR) is 139 cm³/mol. The van der Waals surface area contributed by atoms with Crippen molar-refractivity contribution in [2.24, 2.45) is 11.0 Å². The number of amides is 1. The zero-order valence-corrected chi connectivity index (χ0v) is 21.6. The van der Waals surface area contributed by atoms with Gasteiger partial charge in [0, 0.05) is 31.0 Å². The molecule has 2 aliphatic rings. The summed E-state index contributed by atoms with van der Waals surface area (Å²) in [5.74, 6) is -0.278. The lowest BCUT2D eigenvalue weighted by atomic mass is 9.85. The van der Waals surface area contributed by atoms with Gasteiger partial charge >= 0.3 is 0 Å². The minimum atomic E-state index is -0.618. The summed E-state index contributed by atoms with van der Waals surface area (Å²) in [6, 6.07) is 16.0. The maximum absolute atomic E-state index is 14.2. The van der Waals surface area contributed by atoms with E-state index in [1.165, 1.54) is 6.07 Å². The van der Waals surface area contributed by atoms with Crippen molar-refractivity contribution in [3.63, 3.8) is 0 Å². The van der Waals surface area contributed by atoms with Gasteiger partial charge in [-0.25, -0.2) is 4.39 Å². The van der Waals surface area contributed by atoms with Gasteiger partial charge in [-0.15, -0.1) is 0 Å². The number of aromatic nitrogens is 1. The number of aliphatic hydroxyl groups excluding tert-OH is 1. The number of nitrogens with one attached hydrogen (secondary N) is 1. The van der Waals surface area contributed by atoms with Crippen LogP contribution in [-0.4, -0.2) is 45.5 Å². The molecule has 194 valence electrons. The Kier molecular flexibility index (Phi) is 6.62. The lowest BCUT2D eigenvalue weighted by Gasteiger charge is -2.30. The molecule has 0 bridgehead atoms. The van der Waals surface area contributed by atoms with E-state index >= 15 is 0 Å². The van der Waals surface area contributed by atoms with E-state index in [1.54, 1.807) is 23.1 Å². The highest BCUT2D eigenvalue weighted by Gasteiger charge is 2.45. The minimum Gasteiger partial charge on any atom is -0.391 e. The van der Waals surface area contributed by atoms with E-state index in [-0.39, 0.29) is 30.2 Å². The first-order valence-electron chi connectivity index (χ1n) is 12.8. The SMILES string of the molecule is Cc1cc([C@H](C(=O)N2C[C@H](O)C[C@H]2C2=NNC(C)(c3ccc(-c4ccccc4F)cc3)C2)C(C)C)on1. The molecule has 1 amide bonds. The van der Waals surface area contributed by atoms with E-state index in [1.807, 2.05) is 51.1 Å². The van der Waals surface area contributed by atoms with Gasteiger partial charge in [0.15, 0.2) is 0 Å². The van der Waals surface area contributed by atoms with Crippen LogP contribution in [0.15, 0.2) is 64.2 Å². The Hall–Kier alpha value is -3.52. The molecule has 7 nitrogen and oxygen atoms in total. The Balaban J connectivity index is 1.35. The molecule has 1 aromatic heterocycles. The van der Waals surface area contributed by atoms with Gasteiger partial charge in [-0.2, -0.15) is 5.10 Å². The van der Waals surface area contributed by atoms with E-state index in [0.717, 1.165) is 22.5 Å². The molecule has 4 atom stereocenters. The molecule has 1 unspecified atom stereocenters. The lowest BCUT2D eigenvalue weighted by Crippen LogP contribution is -2.44. The quantitative estimate of drug-likeness (QED) is 0.505. The van der Waals surface area contributed by atoms with Gasteiger partial charge in [-0.05, 0) is 37.0 Å². The number of β-amino-alcohol motifs (C(OH)–C–C–N with tert-alkyl or cyclic N) is 1. The van der Waals surface area contributed by atoms with Crippen LogP contribution in [0.5, 0.6) is 0 Å². The fourth-order valence-electron chi connectivity index (χ4n) is 5.53. The summed E-state index contributed by atoms with van der Waals surface area (Å²) in [6.07, 6.45) is 0.406. The summed E-state index contributed by atoms with van der Waals surface area (Å²) in [4.78, 5) is 15.5. The molecule has 8 heteroatoms. The number of hydrogen-bond acceptors (Lipinski definition) is 6. The van der Waals surface area contributed by atoms with Gasteiger partial charge in [-0.3, -0.25) is 10.2 Å². The molecular weight excluding hydrogens is 471 g/mol. The Bertz CT molecular complexity index is 1320. The van der Waals surface area contributed by atoms with Gasteiger partial charge in [0.1, 0.15) is 17.5 Å². The minimum absolute atomic E-state index is 0.000108. The molecular formula is C29H33FN4O3. The van der Waals surface area contributed by atoms with E-state index in [2.05, 4.69) is 22.6 Å². The number of likely N-dealkylation sites (tertiary alicyclic amines) is 1. The molecule has 1 saturated heterocycles. The van der Waals surface area contributed by atoms with Gasteiger partial charge < -0.3 is 14.5 Å². The Labute approximate surface area is 216 Å². The van der Waals surface area contributed by atoms with Crippen LogP contribution in [-0.2, 0) is 10.3 Å². The number of benzene rings is 2. The largest absolute Gasteiger partial charge is 0.391 e. The summed E-state index contributed by atoms with van der Waals surface area (Å²) in [7, 11) is 0. The molecule has 3 aromatic rings. The molecule has 2 aliphatic heterocycles. The summed E-state index contributed by atoms with van der Waals surface area (Å²) in [6.45, 7) is 8.12. The summed E-state index contributed by atoms with van der Waals surface area (Å²) in [5.41, 5.74) is 6.74. The van der Waals surface area contributed by atoms with Crippen molar-refractivity contribution in [1.29, 1.82) is 0 Å². The molecule has 0 saturated carbocycles. The van der Waals surface area contributed by atoms with Crippen molar-refractivity contribution in [2.75, 3.05) is 6.54 Å². The van der Waals surface area contributed by atoms with Crippen LogP contribution in [0.4, 0.5) is 4.39 Å². The molecule has 2 N–H and O–H groups in total. The van der Waals surface area contributed by atoms with Gasteiger partial charge in [0.25, 0.3) is 0 Å². The van der Waals surface area contributed by atoms with Crippen LogP contribution in [0.3, 0.4) is 0 Å². The van der Waals surface area contributed by atoms with E-state index in [4.69, 9.17) is 4.52 Å². The summed E-state index contributed by atoms with van der Waals surface area (Å²) >= 11 is 0. The first-order chi connectivity index (χ1) is 17.7. The monoisotopic (exact) mass is 504 g/mol. The van der Waals surface area contributed by atoms with Crippen molar-refractivity contribution in [3.8, 4) is 11.1 Å². The Morgan fingerprint density at radius 1 is 1.22 bits per heavy atom. The van der Waals surface area contributed by atoms with Crippen LogP contribution in [0.2, 0.25) is 0 Å². The van der Waals surface area contributed by atoms with Crippen LogP contribution >= 0.6 is 0 Å². The molecule has 0 aliphatic carbocycles. The summed E-state index contributed by atoms with van der Waals surface area (Å²) in [5, 5.41) is 19.2. The van der Waals surface area contributed by atoms with Crippen molar-refractivity contribution in [2.45, 2.75) is 64.1 Å². The first kappa shape index (κ1) is 25.1. The fraction of sp³-hybridized carbons (Fsp3) is 0.414. The maximum atomic E-state index is 14.2. The van der Waals surface area contributed by atoms with Gasteiger partial charge in [0.2, 0.25) is 5.91 Å². The molecule has 5 rings (SSSR count). The van der Waals surface area contributed by atoms with Crippen molar-refractivity contribution < 1.29 is 18.8 Å². The zero-order chi connectivity index (χ0) is 26.3. The third-order valence-electron chi connectivity index (χ3n) is 7.52. The van der Waals surface area contributed by atoms with Crippen LogP contribution in [0, 0.1) is 18.7 Å². The molecule has 2 aromatic carbocycles. The van der Waals surface area contributed by atoms with Gasteiger partial charge in [-0.1, -0.05) is 61.5 Å². The number of rotatable bonds is 6. The molecule has 1 fully saturated rings. The second-order valence-corrected chi connectivity index (χ2v) is 10.8. The zero-order valence-electron chi connectivity index (χ0n) is 21.6. The number of carbonyl (C=O) groups is 1. The highest BCUT2D eigenvalue weighted by Crippen LogP contribution is 2.36. The van der Waals surface area contributed by atoms with Crippen LogP contribution in [0.25, 0.3) is 11.1 Å². The number of nitrogens with zero attached hydrogens (tertiary/aromatic N) is 3. The van der Waals surface area contributed by atoms with Gasteiger partial charge in [0.05, 0.1) is 29.1 Å². The second-order valence-electron chi connectivity index (χ2n) is 10.8. The Morgan fingerprint density at radius 3 is 2.59 bits per heavy atom. The second kappa shape index (κ2) is 9.74. The average Bonchev–Trinajstić information content (AvgIpc) is 3.58. The van der Waals surface area contributed by atoms with Crippen molar-refractivity contribution >= 4 is 11.6 Å². The fourth-order valence-corrected chi connectivity index (χ4v) is 5.53. The van der Waals surface area contributed by atoms with E-state index in [9.17, 15) is 14.3 Å². The third-order valence-corrected chi connectivity index (χ3v) is 7.52. The van der Waals surface area contributed by atoms with Crippen molar-refractivity contribution in [1.82, 2.24) is 15.5 Å². The topological polar surface area (TPSA) is 91.0 Å². The maximum Gasteiger partial charge on any atom is 0.234 e. The lowest BCUT2D eigenvalue weighted by molar-refractivity contribution is -0.134. The van der Waals surface area contributed by atoms with Crippen LogP contribution < -0.4 is 5.43 Å². The highest BCUT2D eigenvalue weighted by molar-refractivity contribution is 5.96. The average molecular weight is 505 g/mol. The van der Waals surface area contributed by atoms with Crippen LogP contribution in [0.1, 0.15) is 56.5 Å². The number of halogens is 1. The molecule has 0 radical (unpaired) electrons. The first-order valence-corrected chi connectivity index (χ1v) is 12.8. The van der Waals surface area contributed by atoms with E-state index in [0.29, 0.717) is 24.2 Å². The normalized spacial score (nSPS) is 24.3. The number of aliphatic hydroxyl groups is 1. The third kappa shape index (κ3) is 4.78. The van der Waals surface area contributed by atoms with Crippen molar-refractivity contribution in [3.05, 3.63) is 77.4 Å². The number of aryl methyl sites for hydroxylation is 1. The predicted octanol–water partition coefficient (Wildman–Crippen LogP) is 4.76. The smallest absolute Gasteiger partial charge is 0.234 e. The Morgan fingerprint density at radius 2 is 1.95 bits per heavy atom. The van der Waals surface area contributed by atoms with E-state index < -0.39 is 17.6 Å². The number of carbonyl (C=O) groups excluding carboxylic acids is 1. The standard InChI is InChI=1S/C29H33FN4O3/c1-17(2)27(26-13-18(3)32-37-26)28(36)34-16-21(35)14-25(34)24-15-29(4,33-31-24)20-11-9-19(10-12-20)22-7-5-6-8-23(22)30/h5-13,17,21,25,27,33,35H,14-16H2,1-4H3/t21-,25+,27-,29?/m1/s1. The molecule has 37 heavy (non-hydrogen) atoms. The molecule has 3 heterocycles.